The van der Waals surface area contributed by atoms with Crippen LogP contribution in [0.4, 0.5) is 0 Å². The van der Waals surface area contributed by atoms with Crippen LogP contribution in [0.1, 0.15) is 24.0 Å². The summed E-state index contributed by atoms with van der Waals surface area (Å²) in [7, 11) is 0. The summed E-state index contributed by atoms with van der Waals surface area (Å²) in [5, 5.41) is 20.4. The zero-order valence-electron chi connectivity index (χ0n) is 10.8. The Morgan fingerprint density at radius 2 is 1.37 bits per heavy atom. The maximum absolute atomic E-state index is 11.0. The van der Waals surface area contributed by atoms with E-state index in [-0.39, 0.29) is 12.0 Å². The minimum atomic E-state index is -0.849. The first-order chi connectivity index (χ1) is 9.23. The van der Waals surface area contributed by atoms with Gasteiger partial charge in [0.2, 0.25) is 0 Å². The van der Waals surface area contributed by atoms with E-state index in [1.165, 1.54) is 0 Å². The molecule has 0 radical (unpaired) electrons. The van der Waals surface area contributed by atoms with Crippen molar-refractivity contribution in [2.75, 3.05) is 6.61 Å². The second-order valence-electron chi connectivity index (χ2n) is 5.32. The van der Waals surface area contributed by atoms with E-state index in [0.717, 1.165) is 11.1 Å². The highest BCUT2D eigenvalue weighted by atomic mass is 16.3. The number of rotatable bonds is 4. The number of aliphatic hydroxyl groups is 2. The summed E-state index contributed by atoms with van der Waals surface area (Å²) in [5.41, 5.74) is 0.852. The van der Waals surface area contributed by atoms with E-state index >= 15 is 0 Å². The van der Waals surface area contributed by atoms with Gasteiger partial charge in [-0.2, -0.15) is 0 Å². The molecule has 1 aliphatic carbocycles. The van der Waals surface area contributed by atoms with Gasteiger partial charge in [-0.05, 0) is 24.0 Å². The maximum atomic E-state index is 11.0. The molecule has 2 aromatic carbocycles. The lowest BCUT2D eigenvalue weighted by molar-refractivity contribution is 0.109. The summed E-state index contributed by atoms with van der Waals surface area (Å²) in [6, 6.07) is 19.8. The van der Waals surface area contributed by atoms with Crippen molar-refractivity contribution in [2.24, 2.45) is 0 Å². The Hall–Kier alpha value is -1.64. The van der Waals surface area contributed by atoms with Gasteiger partial charge >= 0.3 is 0 Å². The predicted octanol–water partition coefficient (Wildman–Crippen LogP) is 2.60. The lowest BCUT2D eigenvalue weighted by Gasteiger charge is -2.22. The third-order valence-electron chi connectivity index (χ3n) is 4.34. The first-order valence-corrected chi connectivity index (χ1v) is 6.67. The largest absolute Gasteiger partial charge is 0.396 e. The van der Waals surface area contributed by atoms with E-state index in [2.05, 4.69) is 0 Å². The van der Waals surface area contributed by atoms with E-state index in [0.29, 0.717) is 12.8 Å². The van der Waals surface area contributed by atoms with Gasteiger partial charge in [-0.15, -0.1) is 0 Å². The third-order valence-corrected chi connectivity index (χ3v) is 4.34. The molecule has 2 unspecified atom stereocenters. The fraction of sp³-hybridized carbons (Fsp3) is 0.294. The molecule has 0 aromatic heterocycles. The number of hydrogen-bond acceptors (Lipinski definition) is 2. The van der Waals surface area contributed by atoms with Crippen molar-refractivity contribution in [1.82, 2.24) is 0 Å². The molecule has 2 aromatic rings. The summed E-state index contributed by atoms with van der Waals surface area (Å²) in [6.45, 7) is 0.0873. The molecule has 98 valence electrons. The Kier molecular flexibility index (Phi) is 2.92. The van der Waals surface area contributed by atoms with E-state index in [1.807, 2.05) is 60.7 Å². The van der Waals surface area contributed by atoms with E-state index < -0.39 is 5.60 Å². The predicted molar refractivity (Wildman–Crippen MR) is 74.8 cm³/mol. The van der Waals surface area contributed by atoms with Gasteiger partial charge < -0.3 is 10.2 Å². The number of aliphatic hydroxyl groups excluding tert-OH is 1. The van der Waals surface area contributed by atoms with Crippen LogP contribution in [0, 0.1) is 0 Å². The van der Waals surface area contributed by atoms with Gasteiger partial charge in [0.05, 0.1) is 0 Å². The van der Waals surface area contributed by atoms with Crippen LogP contribution >= 0.6 is 0 Å². The van der Waals surface area contributed by atoms with Crippen LogP contribution in [-0.4, -0.2) is 16.8 Å². The lowest BCUT2D eigenvalue weighted by Crippen LogP contribution is -2.23. The molecule has 0 amide bonds. The van der Waals surface area contributed by atoms with E-state index in [9.17, 15) is 10.2 Å². The Balaban J connectivity index is 2.03. The maximum Gasteiger partial charge on any atom is 0.100 e. The molecule has 3 rings (SSSR count). The van der Waals surface area contributed by atoms with Crippen LogP contribution in [0.5, 0.6) is 0 Å². The van der Waals surface area contributed by atoms with Gasteiger partial charge in [0.25, 0.3) is 0 Å². The fourth-order valence-electron chi connectivity index (χ4n) is 3.21. The number of benzene rings is 2. The van der Waals surface area contributed by atoms with Crippen molar-refractivity contribution >= 4 is 0 Å². The molecule has 2 N–H and O–H groups in total. The van der Waals surface area contributed by atoms with Gasteiger partial charge in [-0.1, -0.05) is 60.7 Å². The molecule has 1 saturated carbocycles. The van der Waals surface area contributed by atoms with Gasteiger partial charge in [0.15, 0.2) is 0 Å². The molecule has 0 bridgehead atoms. The molecular weight excluding hydrogens is 236 g/mol. The van der Waals surface area contributed by atoms with Crippen molar-refractivity contribution in [3.8, 4) is 0 Å². The minimum absolute atomic E-state index is 0.0873. The SMILES string of the molecule is OCCC1(c2ccccc2)CC1(O)c1ccccc1. The molecule has 0 heterocycles. The zero-order chi connectivity index (χ0) is 13.3. The van der Waals surface area contributed by atoms with Crippen molar-refractivity contribution in [1.29, 1.82) is 0 Å². The molecule has 0 spiro atoms. The summed E-state index contributed by atoms with van der Waals surface area (Å²) in [6.07, 6.45) is 1.26. The first kappa shape index (κ1) is 12.4. The second-order valence-corrected chi connectivity index (χ2v) is 5.32. The van der Waals surface area contributed by atoms with Crippen molar-refractivity contribution < 1.29 is 10.2 Å². The molecule has 2 atom stereocenters. The lowest BCUT2D eigenvalue weighted by atomic mass is 9.86. The Labute approximate surface area is 113 Å². The highest BCUT2D eigenvalue weighted by molar-refractivity contribution is 5.46. The molecule has 1 aliphatic rings. The Bertz CT molecular complexity index is 552. The van der Waals surface area contributed by atoms with Gasteiger partial charge in [-0.25, -0.2) is 0 Å². The minimum Gasteiger partial charge on any atom is -0.396 e. The molecule has 19 heavy (non-hydrogen) atoms. The van der Waals surface area contributed by atoms with E-state index in [4.69, 9.17) is 0 Å². The normalized spacial score (nSPS) is 29.2. The van der Waals surface area contributed by atoms with Gasteiger partial charge in [-0.3, -0.25) is 0 Å². The van der Waals surface area contributed by atoms with Crippen LogP contribution in [0.25, 0.3) is 0 Å². The fourth-order valence-corrected chi connectivity index (χ4v) is 3.21. The quantitative estimate of drug-likeness (QED) is 0.880. The summed E-state index contributed by atoms with van der Waals surface area (Å²) in [4.78, 5) is 0. The number of hydrogen-bond donors (Lipinski definition) is 2. The second kappa shape index (κ2) is 4.48. The van der Waals surface area contributed by atoms with Gasteiger partial charge in [0.1, 0.15) is 5.60 Å². The van der Waals surface area contributed by atoms with Crippen molar-refractivity contribution in [3.63, 3.8) is 0 Å². The third kappa shape index (κ3) is 1.79. The zero-order valence-corrected chi connectivity index (χ0v) is 10.8. The van der Waals surface area contributed by atoms with Crippen molar-refractivity contribution in [2.45, 2.75) is 23.9 Å². The molecule has 1 fully saturated rings. The highest BCUT2D eigenvalue weighted by Gasteiger charge is 2.67. The molecule has 0 aliphatic heterocycles. The van der Waals surface area contributed by atoms with Crippen LogP contribution in [0.3, 0.4) is 0 Å². The van der Waals surface area contributed by atoms with Crippen LogP contribution < -0.4 is 0 Å². The van der Waals surface area contributed by atoms with Crippen molar-refractivity contribution in [3.05, 3.63) is 71.8 Å². The average molecular weight is 254 g/mol. The first-order valence-electron chi connectivity index (χ1n) is 6.67. The standard InChI is InChI=1S/C17H18O2/c18-12-11-16(14-7-3-1-4-8-14)13-17(16,19)15-9-5-2-6-10-15/h1-10,18-19H,11-13H2. The van der Waals surface area contributed by atoms with Crippen LogP contribution in [0.2, 0.25) is 0 Å². The molecular formula is C17H18O2. The van der Waals surface area contributed by atoms with Crippen LogP contribution in [0.15, 0.2) is 60.7 Å². The molecule has 2 nitrogen and oxygen atoms in total. The molecule has 2 heteroatoms. The Morgan fingerprint density at radius 3 is 1.89 bits per heavy atom. The Morgan fingerprint density at radius 1 is 0.842 bits per heavy atom. The summed E-state index contributed by atoms with van der Waals surface area (Å²) >= 11 is 0. The van der Waals surface area contributed by atoms with Gasteiger partial charge in [0, 0.05) is 12.0 Å². The van der Waals surface area contributed by atoms with Crippen LogP contribution in [-0.2, 0) is 11.0 Å². The average Bonchev–Trinajstić information content (AvgIpc) is 3.09. The van der Waals surface area contributed by atoms with E-state index in [1.54, 1.807) is 0 Å². The monoisotopic (exact) mass is 254 g/mol. The summed E-state index contributed by atoms with van der Waals surface area (Å²) < 4.78 is 0. The molecule has 0 saturated heterocycles. The summed E-state index contributed by atoms with van der Waals surface area (Å²) in [5.74, 6) is 0. The smallest absolute Gasteiger partial charge is 0.100 e. The topological polar surface area (TPSA) is 40.5 Å². The highest BCUT2D eigenvalue weighted by Crippen LogP contribution is 2.65.